The molecule has 1 aromatic heterocycles. The average Bonchev–Trinajstić information content (AvgIpc) is 2.39. The van der Waals surface area contributed by atoms with E-state index in [0.29, 0.717) is 6.10 Å². The molecule has 0 unspecified atom stereocenters. The zero-order chi connectivity index (χ0) is 11.9. The lowest BCUT2D eigenvalue weighted by molar-refractivity contribution is 0.0139. The first kappa shape index (κ1) is 13.0. The Hall–Kier alpha value is -0.450. The zero-order valence-electron chi connectivity index (χ0n) is 10.0. The predicted octanol–water partition coefficient (Wildman–Crippen LogP) is 2.46. The Bertz CT molecular complexity index is 312. The summed E-state index contributed by atoms with van der Waals surface area (Å²) in [4.78, 5) is 6.82. The van der Waals surface area contributed by atoms with E-state index in [4.69, 9.17) is 4.74 Å². The van der Waals surface area contributed by atoms with Crippen LogP contribution in [0.2, 0.25) is 0 Å². The van der Waals surface area contributed by atoms with Gasteiger partial charge in [-0.1, -0.05) is 22.0 Å². The Morgan fingerprint density at radius 1 is 1.35 bits per heavy atom. The van der Waals surface area contributed by atoms with E-state index in [-0.39, 0.29) is 0 Å². The highest BCUT2D eigenvalue weighted by atomic mass is 79.9. The minimum atomic E-state index is 0.451. The molecule has 0 aliphatic carbocycles. The molecule has 1 aromatic rings. The summed E-state index contributed by atoms with van der Waals surface area (Å²) in [6.45, 7) is 4.02. The summed E-state index contributed by atoms with van der Waals surface area (Å²) >= 11 is 3.39. The van der Waals surface area contributed by atoms with Crippen LogP contribution in [0.5, 0.6) is 0 Å². The molecule has 2 rings (SSSR count). The van der Waals surface area contributed by atoms with Crippen molar-refractivity contribution in [2.75, 3.05) is 25.0 Å². The van der Waals surface area contributed by atoms with E-state index >= 15 is 0 Å². The largest absolute Gasteiger partial charge is 0.377 e. The van der Waals surface area contributed by atoms with Crippen LogP contribution >= 0.6 is 15.9 Å². The normalized spacial score (nSPS) is 18.4. The number of hydrogen-bond acceptors (Lipinski definition) is 3. The van der Waals surface area contributed by atoms with Gasteiger partial charge in [0.15, 0.2) is 0 Å². The molecule has 1 saturated heterocycles. The van der Waals surface area contributed by atoms with Crippen molar-refractivity contribution in [2.45, 2.75) is 25.5 Å². The Morgan fingerprint density at radius 2 is 2.18 bits per heavy atom. The van der Waals surface area contributed by atoms with E-state index in [1.54, 1.807) is 0 Å². The van der Waals surface area contributed by atoms with Gasteiger partial charge in [0.2, 0.25) is 0 Å². The summed E-state index contributed by atoms with van der Waals surface area (Å²) in [6.07, 6.45) is 4.59. The summed E-state index contributed by atoms with van der Waals surface area (Å²) < 4.78 is 5.74. The number of aromatic nitrogens is 1. The van der Waals surface area contributed by atoms with E-state index in [9.17, 15) is 0 Å². The van der Waals surface area contributed by atoms with Gasteiger partial charge in [0.1, 0.15) is 0 Å². The highest BCUT2D eigenvalue weighted by Gasteiger charge is 2.19. The van der Waals surface area contributed by atoms with Crippen molar-refractivity contribution in [3.63, 3.8) is 0 Å². The van der Waals surface area contributed by atoms with Crippen molar-refractivity contribution in [3.8, 4) is 0 Å². The smallest absolute Gasteiger partial charge is 0.0599 e. The highest BCUT2D eigenvalue weighted by Crippen LogP contribution is 2.15. The molecule has 94 valence electrons. The number of ether oxygens (including phenoxy) is 1. The fraction of sp³-hybridized carbons (Fsp3) is 0.615. The Morgan fingerprint density at radius 3 is 2.82 bits per heavy atom. The van der Waals surface area contributed by atoms with Crippen LogP contribution in [0.15, 0.2) is 24.4 Å². The van der Waals surface area contributed by atoms with Crippen LogP contribution in [-0.4, -0.2) is 41.0 Å². The summed E-state index contributed by atoms with van der Waals surface area (Å²) in [7, 11) is 0. The molecule has 0 N–H and O–H groups in total. The first-order chi connectivity index (χ1) is 8.38. The summed E-state index contributed by atoms with van der Waals surface area (Å²) in [5, 5.41) is 0.932. The van der Waals surface area contributed by atoms with Crippen molar-refractivity contribution in [1.82, 2.24) is 9.88 Å². The quantitative estimate of drug-likeness (QED) is 0.781. The minimum absolute atomic E-state index is 0.451. The van der Waals surface area contributed by atoms with Gasteiger partial charge in [0.05, 0.1) is 18.4 Å². The summed E-state index contributed by atoms with van der Waals surface area (Å²) in [6, 6.07) is 6.10. The second-order valence-corrected chi connectivity index (χ2v) is 5.15. The van der Waals surface area contributed by atoms with E-state index in [0.717, 1.165) is 50.1 Å². The molecular formula is C13H19BrN2O. The molecule has 0 bridgehead atoms. The zero-order valence-corrected chi connectivity index (χ0v) is 11.6. The highest BCUT2D eigenvalue weighted by molar-refractivity contribution is 9.09. The van der Waals surface area contributed by atoms with Gasteiger partial charge in [0.25, 0.3) is 0 Å². The van der Waals surface area contributed by atoms with Crippen LogP contribution in [0.1, 0.15) is 18.5 Å². The maximum Gasteiger partial charge on any atom is 0.0599 e. The van der Waals surface area contributed by atoms with Crippen LogP contribution in [0.25, 0.3) is 0 Å². The SMILES string of the molecule is BrCCOC1CCN(Cc2ccccn2)CC1. The standard InChI is InChI=1S/C13H19BrN2O/c14-6-10-17-13-4-8-16(9-5-13)11-12-3-1-2-7-15-12/h1-3,7,13H,4-6,8-11H2. The summed E-state index contributed by atoms with van der Waals surface area (Å²) in [5.41, 5.74) is 1.16. The molecule has 0 amide bonds. The van der Waals surface area contributed by atoms with Crippen LogP contribution < -0.4 is 0 Å². The average molecular weight is 299 g/mol. The number of halogens is 1. The maximum atomic E-state index is 5.74. The molecule has 0 aromatic carbocycles. The van der Waals surface area contributed by atoms with Gasteiger partial charge >= 0.3 is 0 Å². The number of rotatable bonds is 5. The monoisotopic (exact) mass is 298 g/mol. The Kier molecular flexibility index (Phi) is 5.42. The number of likely N-dealkylation sites (tertiary alicyclic amines) is 1. The van der Waals surface area contributed by atoms with Gasteiger partial charge in [-0.15, -0.1) is 0 Å². The molecule has 0 spiro atoms. The van der Waals surface area contributed by atoms with Gasteiger partial charge in [-0.05, 0) is 25.0 Å². The van der Waals surface area contributed by atoms with E-state index in [1.807, 2.05) is 18.3 Å². The number of piperidine rings is 1. The molecule has 1 aliphatic rings. The van der Waals surface area contributed by atoms with Crippen LogP contribution in [0, 0.1) is 0 Å². The Labute approximate surface area is 111 Å². The third-order valence-electron chi connectivity index (χ3n) is 3.08. The van der Waals surface area contributed by atoms with E-state index in [2.05, 4.69) is 31.9 Å². The van der Waals surface area contributed by atoms with Crippen molar-refractivity contribution in [2.24, 2.45) is 0 Å². The van der Waals surface area contributed by atoms with Crippen molar-refractivity contribution in [3.05, 3.63) is 30.1 Å². The molecule has 3 nitrogen and oxygen atoms in total. The van der Waals surface area contributed by atoms with Gasteiger partial charge in [0, 0.05) is 31.2 Å². The second-order valence-electron chi connectivity index (χ2n) is 4.36. The maximum absolute atomic E-state index is 5.74. The number of nitrogens with zero attached hydrogens (tertiary/aromatic N) is 2. The molecule has 0 atom stereocenters. The topological polar surface area (TPSA) is 25.4 Å². The predicted molar refractivity (Wildman–Crippen MR) is 72.3 cm³/mol. The van der Waals surface area contributed by atoms with Gasteiger partial charge in [-0.25, -0.2) is 0 Å². The van der Waals surface area contributed by atoms with E-state index < -0.39 is 0 Å². The minimum Gasteiger partial charge on any atom is -0.377 e. The lowest BCUT2D eigenvalue weighted by Gasteiger charge is -2.31. The molecule has 0 saturated carbocycles. The summed E-state index contributed by atoms with van der Waals surface area (Å²) in [5.74, 6) is 0. The number of pyridine rings is 1. The van der Waals surface area contributed by atoms with Gasteiger partial charge < -0.3 is 4.74 Å². The molecule has 2 heterocycles. The van der Waals surface area contributed by atoms with Crippen LogP contribution in [0.4, 0.5) is 0 Å². The molecule has 17 heavy (non-hydrogen) atoms. The third kappa shape index (κ3) is 4.37. The van der Waals surface area contributed by atoms with E-state index in [1.165, 1.54) is 0 Å². The number of hydrogen-bond donors (Lipinski definition) is 0. The first-order valence-electron chi connectivity index (χ1n) is 6.18. The first-order valence-corrected chi connectivity index (χ1v) is 7.30. The van der Waals surface area contributed by atoms with Gasteiger partial charge in [-0.3, -0.25) is 9.88 Å². The molecule has 1 fully saturated rings. The lowest BCUT2D eigenvalue weighted by atomic mass is 10.1. The van der Waals surface area contributed by atoms with Crippen LogP contribution in [-0.2, 0) is 11.3 Å². The van der Waals surface area contributed by atoms with Crippen molar-refractivity contribution < 1.29 is 4.74 Å². The van der Waals surface area contributed by atoms with Crippen molar-refractivity contribution >= 4 is 15.9 Å². The molecular weight excluding hydrogens is 280 g/mol. The molecule has 4 heteroatoms. The fourth-order valence-corrected chi connectivity index (χ4v) is 2.35. The molecule has 0 radical (unpaired) electrons. The third-order valence-corrected chi connectivity index (χ3v) is 3.40. The molecule has 1 aliphatic heterocycles. The van der Waals surface area contributed by atoms with Crippen LogP contribution in [0.3, 0.4) is 0 Å². The fourth-order valence-electron chi connectivity index (χ4n) is 2.17. The Balaban J connectivity index is 1.72. The van der Waals surface area contributed by atoms with Gasteiger partial charge in [-0.2, -0.15) is 0 Å². The lowest BCUT2D eigenvalue weighted by Crippen LogP contribution is -2.36. The second kappa shape index (κ2) is 7.09. The number of alkyl halides is 1. The van der Waals surface area contributed by atoms with Crippen molar-refractivity contribution in [1.29, 1.82) is 0 Å².